The van der Waals surface area contributed by atoms with Gasteiger partial charge in [0.25, 0.3) is 0 Å². The second kappa shape index (κ2) is 6.29. The number of aromatic nitrogens is 2. The molecule has 0 bridgehead atoms. The monoisotopic (exact) mass is 318 g/mol. The molecule has 1 aliphatic rings. The second-order valence-corrected chi connectivity index (χ2v) is 5.92. The molecule has 0 unspecified atom stereocenters. The van der Waals surface area contributed by atoms with E-state index >= 15 is 0 Å². The van der Waals surface area contributed by atoms with Gasteiger partial charge in [-0.1, -0.05) is 29.5 Å². The highest BCUT2D eigenvalue weighted by Gasteiger charge is 2.25. The molecule has 0 atom stereocenters. The van der Waals surface area contributed by atoms with E-state index in [1.165, 1.54) is 18.6 Å². The van der Waals surface area contributed by atoms with Crippen LogP contribution in [-0.4, -0.2) is 10.1 Å². The van der Waals surface area contributed by atoms with Gasteiger partial charge in [-0.2, -0.15) is 4.98 Å². The summed E-state index contributed by atoms with van der Waals surface area (Å²) in [4.78, 5) is 4.48. The highest BCUT2D eigenvalue weighted by atomic mass is 19.1. The van der Waals surface area contributed by atoms with Crippen LogP contribution in [0.15, 0.2) is 53.1 Å². The van der Waals surface area contributed by atoms with Gasteiger partial charge in [0.1, 0.15) is 5.82 Å². The maximum absolute atomic E-state index is 13.1. The molecular formula is C20H15FN2O. The Balaban J connectivity index is 1.51. The van der Waals surface area contributed by atoms with Crippen molar-refractivity contribution in [2.24, 2.45) is 0 Å². The summed E-state index contributed by atoms with van der Waals surface area (Å²) >= 11 is 0. The minimum atomic E-state index is -0.281. The van der Waals surface area contributed by atoms with Gasteiger partial charge in [-0.3, -0.25) is 0 Å². The minimum Gasteiger partial charge on any atom is -0.339 e. The lowest BCUT2D eigenvalue weighted by Crippen LogP contribution is -2.08. The molecule has 1 heterocycles. The van der Waals surface area contributed by atoms with Crippen LogP contribution in [0, 0.1) is 17.7 Å². The van der Waals surface area contributed by atoms with Gasteiger partial charge >= 0.3 is 0 Å². The summed E-state index contributed by atoms with van der Waals surface area (Å²) in [5, 5.41) is 4.06. The van der Waals surface area contributed by atoms with Crippen molar-refractivity contribution in [3.8, 4) is 23.2 Å². The number of hydrogen-bond acceptors (Lipinski definition) is 3. The fourth-order valence-corrected chi connectivity index (χ4v) is 2.59. The third-order valence-electron chi connectivity index (χ3n) is 4.22. The molecule has 4 rings (SSSR count). The average Bonchev–Trinajstić information content (AvgIpc) is 3.01. The molecule has 3 aromatic rings. The number of benzene rings is 2. The Morgan fingerprint density at radius 2 is 1.79 bits per heavy atom. The van der Waals surface area contributed by atoms with Gasteiger partial charge in [-0.15, -0.1) is 0 Å². The van der Waals surface area contributed by atoms with Crippen molar-refractivity contribution in [1.82, 2.24) is 10.1 Å². The van der Waals surface area contributed by atoms with Crippen molar-refractivity contribution in [1.29, 1.82) is 0 Å². The van der Waals surface area contributed by atoms with Gasteiger partial charge < -0.3 is 4.52 Å². The minimum absolute atomic E-state index is 0.281. The first-order valence-electron chi connectivity index (χ1n) is 7.99. The molecule has 118 valence electrons. The summed E-state index contributed by atoms with van der Waals surface area (Å²) in [6.07, 6.45) is 3.51. The first-order valence-corrected chi connectivity index (χ1v) is 7.99. The summed E-state index contributed by atoms with van der Waals surface area (Å²) in [5.41, 5.74) is 2.41. The lowest BCUT2D eigenvalue weighted by molar-refractivity contribution is 0.292. The Morgan fingerprint density at radius 1 is 1.00 bits per heavy atom. The van der Waals surface area contributed by atoms with Crippen molar-refractivity contribution in [2.75, 3.05) is 0 Å². The smallest absolute Gasteiger partial charge is 0.230 e. The normalized spacial score (nSPS) is 13.9. The van der Waals surface area contributed by atoms with E-state index in [1.807, 2.05) is 24.3 Å². The maximum atomic E-state index is 13.1. The van der Waals surface area contributed by atoms with Gasteiger partial charge in [0.2, 0.25) is 11.7 Å². The highest BCUT2D eigenvalue weighted by molar-refractivity contribution is 5.56. The molecule has 0 aliphatic heterocycles. The Hall–Kier alpha value is -2.93. The van der Waals surface area contributed by atoms with Crippen molar-refractivity contribution < 1.29 is 8.91 Å². The van der Waals surface area contributed by atoms with Gasteiger partial charge in [0, 0.05) is 22.6 Å². The SMILES string of the molecule is Fc1cccc(C#Cc2ccc(-c3noc(C4CCC4)n3)cc2)c1. The third kappa shape index (κ3) is 3.07. The fourth-order valence-electron chi connectivity index (χ4n) is 2.59. The Morgan fingerprint density at radius 3 is 2.50 bits per heavy atom. The molecule has 0 radical (unpaired) electrons. The summed E-state index contributed by atoms with van der Waals surface area (Å²) in [6.45, 7) is 0. The zero-order valence-corrected chi connectivity index (χ0v) is 13.0. The Labute approximate surface area is 139 Å². The van der Waals surface area contributed by atoms with Crippen LogP contribution in [0.1, 0.15) is 42.2 Å². The molecule has 24 heavy (non-hydrogen) atoms. The zero-order valence-electron chi connectivity index (χ0n) is 13.0. The quantitative estimate of drug-likeness (QED) is 0.651. The highest BCUT2D eigenvalue weighted by Crippen LogP contribution is 2.35. The van der Waals surface area contributed by atoms with Crippen LogP contribution in [0.25, 0.3) is 11.4 Å². The molecule has 1 saturated carbocycles. The number of rotatable bonds is 2. The molecule has 1 aliphatic carbocycles. The third-order valence-corrected chi connectivity index (χ3v) is 4.22. The predicted molar refractivity (Wildman–Crippen MR) is 88.7 cm³/mol. The lowest BCUT2D eigenvalue weighted by Gasteiger charge is -2.20. The Kier molecular flexibility index (Phi) is 3.84. The Bertz CT molecular complexity index is 915. The van der Waals surface area contributed by atoms with Crippen molar-refractivity contribution in [3.05, 3.63) is 71.4 Å². The van der Waals surface area contributed by atoms with Crippen molar-refractivity contribution in [2.45, 2.75) is 25.2 Å². The molecule has 2 aromatic carbocycles. The van der Waals surface area contributed by atoms with E-state index in [-0.39, 0.29) is 5.82 Å². The van der Waals surface area contributed by atoms with Crippen molar-refractivity contribution >= 4 is 0 Å². The molecule has 1 aromatic heterocycles. The van der Waals surface area contributed by atoms with Crippen LogP contribution in [0.2, 0.25) is 0 Å². The van der Waals surface area contributed by atoms with Gasteiger partial charge in [0.15, 0.2) is 0 Å². The molecular weight excluding hydrogens is 303 g/mol. The standard InChI is InChI=1S/C20H15FN2O/c21-18-6-1-3-15(13-18)8-7-14-9-11-16(12-10-14)19-22-20(24-23-19)17-4-2-5-17/h1,3,6,9-13,17H,2,4-5H2. The lowest BCUT2D eigenvalue weighted by atomic mass is 9.85. The van der Waals surface area contributed by atoms with Crippen molar-refractivity contribution in [3.63, 3.8) is 0 Å². The topological polar surface area (TPSA) is 38.9 Å². The summed E-state index contributed by atoms with van der Waals surface area (Å²) < 4.78 is 18.5. The largest absolute Gasteiger partial charge is 0.339 e. The molecule has 3 nitrogen and oxygen atoms in total. The molecule has 1 fully saturated rings. The van der Waals surface area contributed by atoms with E-state index in [0.29, 0.717) is 17.3 Å². The van der Waals surface area contributed by atoms with Gasteiger partial charge in [-0.05, 0) is 55.3 Å². The molecule has 0 N–H and O–H groups in total. The summed E-state index contributed by atoms with van der Waals surface area (Å²) in [7, 11) is 0. The van der Waals surface area contributed by atoms with E-state index in [1.54, 1.807) is 12.1 Å². The van der Waals surface area contributed by atoms with Gasteiger partial charge in [0.05, 0.1) is 0 Å². The first kappa shape index (κ1) is 14.6. The van der Waals surface area contributed by atoms with E-state index in [0.717, 1.165) is 29.9 Å². The van der Waals surface area contributed by atoms with Crippen LogP contribution >= 0.6 is 0 Å². The van der Waals surface area contributed by atoms with E-state index in [9.17, 15) is 4.39 Å². The maximum Gasteiger partial charge on any atom is 0.230 e. The fraction of sp³-hybridized carbons (Fsp3) is 0.200. The van der Waals surface area contributed by atoms with Gasteiger partial charge in [-0.25, -0.2) is 4.39 Å². The summed E-state index contributed by atoms with van der Waals surface area (Å²) in [5.74, 6) is 7.49. The molecule has 4 heteroatoms. The zero-order chi connectivity index (χ0) is 16.4. The van der Waals surface area contributed by atoms with E-state index in [2.05, 4.69) is 22.0 Å². The summed E-state index contributed by atoms with van der Waals surface area (Å²) in [6, 6.07) is 13.9. The van der Waals surface area contributed by atoms with E-state index in [4.69, 9.17) is 4.52 Å². The van der Waals surface area contributed by atoms with E-state index < -0.39 is 0 Å². The first-order chi connectivity index (χ1) is 11.8. The van der Waals surface area contributed by atoms with Crippen LogP contribution in [0.5, 0.6) is 0 Å². The molecule has 0 amide bonds. The number of hydrogen-bond donors (Lipinski definition) is 0. The average molecular weight is 318 g/mol. The number of halogens is 1. The molecule has 0 saturated heterocycles. The van der Waals surface area contributed by atoms with Crippen LogP contribution in [-0.2, 0) is 0 Å². The second-order valence-electron chi connectivity index (χ2n) is 5.92. The number of nitrogens with zero attached hydrogens (tertiary/aromatic N) is 2. The van der Waals surface area contributed by atoms with Crippen LogP contribution in [0.4, 0.5) is 4.39 Å². The van der Waals surface area contributed by atoms with Crippen LogP contribution in [0.3, 0.4) is 0 Å². The van der Waals surface area contributed by atoms with Crippen LogP contribution < -0.4 is 0 Å². The predicted octanol–water partition coefficient (Wildman–Crippen LogP) is 4.54. The molecule has 0 spiro atoms.